The smallest absolute Gasteiger partial charge is 0.136 e. The molecule has 0 aliphatic carbocycles. The average molecular weight is 361 g/mol. The van der Waals surface area contributed by atoms with Crippen molar-refractivity contribution in [2.45, 2.75) is 51.2 Å². The Balaban J connectivity index is 2.11. The number of nitrogens with one attached hydrogen (secondary N) is 1. The Morgan fingerprint density at radius 3 is 2.40 bits per heavy atom. The number of rotatable bonds is 8. The zero-order chi connectivity index (χ0) is 18.3. The number of ether oxygens (including phenoxy) is 2. The van der Waals surface area contributed by atoms with Gasteiger partial charge in [-0.3, -0.25) is 0 Å². The molecule has 0 aliphatic heterocycles. The van der Waals surface area contributed by atoms with Gasteiger partial charge >= 0.3 is 0 Å². The van der Waals surface area contributed by atoms with Gasteiger partial charge in [-0.15, -0.1) is 4.72 Å². The molecule has 0 aromatic heterocycles. The van der Waals surface area contributed by atoms with Crippen LogP contribution in [0.25, 0.3) is 0 Å². The molecule has 0 bridgehead atoms. The Labute approximate surface area is 156 Å². The van der Waals surface area contributed by atoms with Gasteiger partial charge in [0, 0.05) is 0 Å². The summed E-state index contributed by atoms with van der Waals surface area (Å²) >= 11 is 1.18. The SMILES string of the molecule is COc1cccc([C@H](N[SH+]C(C)(C)C)[C@H](C)OCc2ccccc2)c1. The number of methoxy groups -OCH3 is 1. The maximum Gasteiger partial charge on any atom is 0.136 e. The van der Waals surface area contributed by atoms with Crippen molar-refractivity contribution in [2.75, 3.05) is 7.11 Å². The van der Waals surface area contributed by atoms with Gasteiger partial charge in [0.2, 0.25) is 0 Å². The minimum absolute atomic E-state index is 0.0298. The van der Waals surface area contributed by atoms with E-state index in [1.807, 2.05) is 30.3 Å². The van der Waals surface area contributed by atoms with Crippen LogP contribution < -0.4 is 9.46 Å². The molecule has 0 fully saturated rings. The van der Waals surface area contributed by atoms with Crippen LogP contribution in [0.3, 0.4) is 0 Å². The standard InChI is InChI=1S/C21H29NO2S/c1-16(24-15-17-10-7-6-8-11-17)20(22-25-21(2,3)4)18-12-9-13-19(14-18)23-5/h6-14,16,20,22H,15H2,1-5H3/p+1/t16-,20+/m0/s1. The Morgan fingerprint density at radius 1 is 1.04 bits per heavy atom. The van der Waals surface area contributed by atoms with Gasteiger partial charge in [0.15, 0.2) is 0 Å². The number of hydrogen-bond acceptors (Lipinski definition) is 3. The summed E-state index contributed by atoms with van der Waals surface area (Å²) in [6, 6.07) is 18.6. The van der Waals surface area contributed by atoms with Crippen LogP contribution in [-0.2, 0) is 23.3 Å². The quantitative estimate of drug-likeness (QED) is 0.557. The van der Waals surface area contributed by atoms with Crippen LogP contribution in [0.4, 0.5) is 0 Å². The maximum absolute atomic E-state index is 6.18. The molecular weight excluding hydrogens is 330 g/mol. The number of thiol groups is 1. The molecule has 0 heterocycles. The van der Waals surface area contributed by atoms with E-state index in [1.165, 1.54) is 23.1 Å². The molecule has 0 spiro atoms. The fourth-order valence-corrected chi connectivity index (χ4v) is 3.33. The molecule has 0 saturated heterocycles. The van der Waals surface area contributed by atoms with Crippen molar-refractivity contribution in [3.8, 4) is 5.75 Å². The lowest BCUT2D eigenvalue weighted by Gasteiger charge is -2.25. The summed E-state index contributed by atoms with van der Waals surface area (Å²) in [6.45, 7) is 9.40. The van der Waals surface area contributed by atoms with Crippen molar-refractivity contribution in [1.82, 2.24) is 4.72 Å². The average Bonchev–Trinajstić information content (AvgIpc) is 2.60. The molecule has 4 heteroatoms. The highest BCUT2D eigenvalue weighted by Gasteiger charge is 2.28. The first-order chi connectivity index (χ1) is 11.9. The zero-order valence-corrected chi connectivity index (χ0v) is 16.7. The summed E-state index contributed by atoms with van der Waals surface area (Å²) in [5.74, 6) is 0.868. The molecule has 3 nitrogen and oxygen atoms in total. The fraction of sp³-hybridized carbons (Fsp3) is 0.429. The van der Waals surface area contributed by atoms with Gasteiger partial charge in [0.05, 0.1) is 31.8 Å². The van der Waals surface area contributed by atoms with Gasteiger partial charge in [0.1, 0.15) is 16.5 Å². The molecule has 0 unspecified atom stereocenters. The van der Waals surface area contributed by atoms with Gasteiger partial charge in [-0.25, -0.2) is 0 Å². The lowest BCUT2D eigenvalue weighted by Crippen LogP contribution is -2.36. The highest BCUT2D eigenvalue weighted by atomic mass is 32.2. The van der Waals surface area contributed by atoms with Gasteiger partial charge in [-0.1, -0.05) is 42.5 Å². The van der Waals surface area contributed by atoms with Crippen molar-refractivity contribution in [1.29, 1.82) is 0 Å². The molecular formula is C21H30NO2S+. The largest absolute Gasteiger partial charge is 0.497 e. The monoisotopic (exact) mass is 360 g/mol. The van der Waals surface area contributed by atoms with Crippen LogP contribution in [0.15, 0.2) is 54.6 Å². The van der Waals surface area contributed by atoms with Crippen LogP contribution >= 0.6 is 0 Å². The summed E-state index contributed by atoms with van der Waals surface area (Å²) in [5, 5.41) is 0. The molecule has 0 radical (unpaired) electrons. The van der Waals surface area contributed by atoms with Crippen LogP contribution in [0.5, 0.6) is 5.75 Å². The van der Waals surface area contributed by atoms with Crippen molar-refractivity contribution in [3.63, 3.8) is 0 Å². The van der Waals surface area contributed by atoms with Crippen molar-refractivity contribution in [2.24, 2.45) is 0 Å². The third kappa shape index (κ3) is 6.73. The van der Waals surface area contributed by atoms with Crippen molar-refractivity contribution < 1.29 is 9.47 Å². The van der Waals surface area contributed by atoms with E-state index in [0.717, 1.165) is 5.75 Å². The molecule has 0 amide bonds. The summed E-state index contributed by atoms with van der Waals surface area (Å²) in [6.07, 6.45) is 0.0298. The third-order valence-corrected chi connectivity index (χ3v) is 4.90. The van der Waals surface area contributed by atoms with Gasteiger partial charge in [0.25, 0.3) is 0 Å². The predicted molar refractivity (Wildman–Crippen MR) is 108 cm³/mol. The topological polar surface area (TPSA) is 30.5 Å². The Morgan fingerprint density at radius 2 is 1.76 bits per heavy atom. The minimum Gasteiger partial charge on any atom is -0.497 e. The second-order valence-electron chi connectivity index (χ2n) is 7.17. The summed E-state index contributed by atoms with van der Waals surface area (Å²) in [5.41, 5.74) is 2.36. The Hall–Kier alpha value is -1.49. The van der Waals surface area contributed by atoms with E-state index < -0.39 is 0 Å². The number of benzene rings is 2. The van der Waals surface area contributed by atoms with E-state index in [4.69, 9.17) is 9.47 Å². The highest BCUT2D eigenvalue weighted by Crippen LogP contribution is 2.25. The summed E-state index contributed by atoms with van der Waals surface area (Å²) in [7, 11) is 1.70. The normalized spacial score (nSPS) is 14.1. The first-order valence-electron chi connectivity index (χ1n) is 8.66. The van der Waals surface area contributed by atoms with Gasteiger partial charge in [-0.05, 0) is 51.0 Å². The van der Waals surface area contributed by atoms with E-state index in [-0.39, 0.29) is 16.9 Å². The second-order valence-corrected chi connectivity index (χ2v) is 8.99. The fourth-order valence-electron chi connectivity index (χ4n) is 2.45. The van der Waals surface area contributed by atoms with E-state index in [2.05, 4.69) is 56.7 Å². The Bertz CT molecular complexity index is 640. The first kappa shape index (κ1) is 19.8. The lowest BCUT2D eigenvalue weighted by atomic mass is 10.0. The van der Waals surface area contributed by atoms with Crippen LogP contribution in [0.2, 0.25) is 0 Å². The molecule has 136 valence electrons. The number of hydrogen-bond donors (Lipinski definition) is 1. The van der Waals surface area contributed by atoms with Crippen molar-refractivity contribution in [3.05, 3.63) is 65.7 Å². The third-order valence-electron chi connectivity index (χ3n) is 3.82. The van der Waals surface area contributed by atoms with Gasteiger partial charge in [-0.2, -0.15) is 0 Å². The summed E-state index contributed by atoms with van der Waals surface area (Å²) in [4.78, 5) is 0. The van der Waals surface area contributed by atoms with Gasteiger partial charge < -0.3 is 9.47 Å². The molecule has 0 aliphatic rings. The van der Waals surface area contributed by atoms with E-state index in [0.29, 0.717) is 6.61 Å². The molecule has 2 atom stereocenters. The molecule has 1 N–H and O–H groups in total. The van der Waals surface area contributed by atoms with E-state index in [9.17, 15) is 0 Å². The predicted octanol–water partition coefficient (Wildman–Crippen LogP) is 4.46. The maximum atomic E-state index is 6.18. The summed E-state index contributed by atoms with van der Waals surface area (Å²) < 4.78 is 15.4. The molecule has 2 aromatic carbocycles. The molecule has 25 heavy (non-hydrogen) atoms. The minimum atomic E-state index is 0.0298. The van der Waals surface area contributed by atoms with E-state index in [1.54, 1.807) is 7.11 Å². The first-order valence-corrected chi connectivity index (χ1v) is 9.55. The molecule has 2 aromatic rings. The highest BCUT2D eigenvalue weighted by molar-refractivity contribution is 7.77. The van der Waals surface area contributed by atoms with Crippen LogP contribution in [0, 0.1) is 0 Å². The zero-order valence-electron chi connectivity index (χ0n) is 15.8. The van der Waals surface area contributed by atoms with Crippen LogP contribution in [0.1, 0.15) is 44.9 Å². The van der Waals surface area contributed by atoms with Crippen molar-refractivity contribution >= 4 is 11.9 Å². The van der Waals surface area contributed by atoms with E-state index >= 15 is 0 Å². The molecule has 2 rings (SSSR count). The van der Waals surface area contributed by atoms with Crippen LogP contribution in [-0.4, -0.2) is 18.0 Å². The Kier molecular flexibility index (Phi) is 7.36. The lowest BCUT2D eigenvalue weighted by molar-refractivity contribution is 0.0323. The second kappa shape index (κ2) is 9.27. The molecule has 0 saturated carbocycles.